The standard InChI is InChI=1S/C17H19Br2N/c1-10-7-11(2)16(12(3)8-10)17(20-4)14-6-5-13(18)9-15(14)19/h5-9,17,20H,1-4H3. The quantitative estimate of drug-likeness (QED) is 0.727. The molecule has 0 spiro atoms. The van der Waals surface area contributed by atoms with E-state index in [0.717, 1.165) is 8.95 Å². The number of hydrogen-bond donors (Lipinski definition) is 1. The Hall–Kier alpha value is -0.640. The summed E-state index contributed by atoms with van der Waals surface area (Å²) in [5, 5.41) is 3.45. The number of nitrogens with one attached hydrogen (secondary N) is 1. The minimum absolute atomic E-state index is 0.193. The number of benzene rings is 2. The summed E-state index contributed by atoms with van der Waals surface area (Å²) in [4.78, 5) is 0. The zero-order valence-corrected chi connectivity index (χ0v) is 15.4. The molecule has 0 heterocycles. The molecule has 1 atom stereocenters. The van der Waals surface area contributed by atoms with Gasteiger partial charge in [-0.25, -0.2) is 0 Å². The van der Waals surface area contributed by atoms with E-state index in [1.165, 1.54) is 27.8 Å². The van der Waals surface area contributed by atoms with Gasteiger partial charge in [-0.3, -0.25) is 0 Å². The summed E-state index contributed by atoms with van der Waals surface area (Å²) in [6.45, 7) is 6.52. The summed E-state index contributed by atoms with van der Waals surface area (Å²) >= 11 is 7.19. The zero-order chi connectivity index (χ0) is 14.9. The third-order valence-corrected chi connectivity index (χ3v) is 4.77. The molecule has 106 valence electrons. The summed E-state index contributed by atoms with van der Waals surface area (Å²) in [6.07, 6.45) is 0. The Morgan fingerprint density at radius 3 is 2.05 bits per heavy atom. The van der Waals surface area contributed by atoms with E-state index in [1.807, 2.05) is 7.05 Å². The lowest BCUT2D eigenvalue weighted by Crippen LogP contribution is -2.20. The second-order valence-electron chi connectivity index (χ2n) is 5.20. The van der Waals surface area contributed by atoms with E-state index < -0.39 is 0 Å². The summed E-state index contributed by atoms with van der Waals surface area (Å²) in [7, 11) is 2.01. The van der Waals surface area contributed by atoms with Crippen LogP contribution >= 0.6 is 31.9 Å². The second kappa shape index (κ2) is 6.42. The topological polar surface area (TPSA) is 12.0 Å². The van der Waals surface area contributed by atoms with Crippen molar-refractivity contribution in [2.45, 2.75) is 26.8 Å². The van der Waals surface area contributed by atoms with Gasteiger partial charge in [0.2, 0.25) is 0 Å². The molecule has 2 aromatic carbocycles. The average Bonchev–Trinajstić information content (AvgIpc) is 2.34. The molecule has 0 aromatic heterocycles. The molecule has 0 amide bonds. The number of aryl methyl sites for hydroxylation is 3. The van der Waals surface area contributed by atoms with E-state index >= 15 is 0 Å². The molecule has 0 saturated carbocycles. The van der Waals surface area contributed by atoms with Crippen molar-refractivity contribution in [2.75, 3.05) is 7.05 Å². The fourth-order valence-electron chi connectivity index (χ4n) is 2.84. The first kappa shape index (κ1) is 15.7. The highest BCUT2D eigenvalue weighted by molar-refractivity contribution is 9.11. The maximum absolute atomic E-state index is 3.68. The van der Waals surface area contributed by atoms with Crippen molar-refractivity contribution >= 4 is 31.9 Å². The first-order valence-electron chi connectivity index (χ1n) is 6.64. The van der Waals surface area contributed by atoms with E-state index in [1.54, 1.807) is 0 Å². The Morgan fingerprint density at radius 2 is 1.55 bits per heavy atom. The first-order chi connectivity index (χ1) is 9.43. The van der Waals surface area contributed by atoms with Crippen molar-refractivity contribution in [2.24, 2.45) is 0 Å². The van der Waals surface area contributed by atoms with Gasteiger partial charge in [-0.2, -0.15) is 0 Å². The fourth-order valence-corrected chi connectivity index (χ4v) is 4.11. The van der Waals surface area contributed by atoms with Crippen molar-refractivity contribution < 1.29 is 0 Å². The fraction of sp³-hybridized carbons (Fsp3) is 0.294. The largest absolute Gasteiger partial charge is 0.309 e. The predicted octanol–water partition coefficient (Wildman–Crippen LogP) is 5.45. The van der Waals surface area contributed by atoms with Crippen LogP contribution in [0.4, 0.5) is 0 Å². The molecule has 2 aromatic rings. The third kappa shape index (κ3) is 3.16. The van der Waals surface area contributed by atoms with Gasteiger partial charge < -0.3 is 5.32 Å². The molecule has 0 saturated heterocycles. The molecule has 2 rings (SSSR count). The molecule has 0 radical (unpaired) electrons. The van der Waals surface area contributed by atoms with Crippen LogP contribution in [0.2, 0.25) is 0 Å². The Morgan fingerprint density at radius 1 is 0.950 bits per heavy atom. The zero-order valence-electron chi connectivity index (χ0n) is 12.2. The molecule has 0 fully saturated rings. The summed E-state index contributed by atoms with van der Waals surface area (Å²) in [6, 6.07) is 11.0. The monoisotopic (exact) mass is 395 g/mol. The van der Waals surface area contributed by atoms with E-state index in [4.69, 9.17) is 0 Å². The highest BCUT2D eigenvalue weighted by atomic mass is 79.9. The first-order valence-corrected chi connectivity index (χ1v) is 8.22. The van der Waals surface area contributed by atoms with Gasteiger partial charge in [0, 0.05) is 8.95 Å². The van der Waals surface area contributed by atoms with E-state index in [9.17, 15) is 0 Å². The molecule has 0 bridgehead atoms. The number of rotatable bonds is 3. The number of halogens is 2. The minimum Gasteiger partial charge on any atom is -0.309 e. The lowest BCUT2D eigenvalue weighted by atomic mass is 9.90. The molecule has 0 aliphatic carbocycles. The van der Waals surface area contributed by atoms with Gasteiger partial charge in [0.25, 0.3) is 0 Å². The van der Waals surface area contributed by atoms with E-state index in [2.05, 4.69) is 88.3 Å². The predicted molar refractivity (Wildman–Crippen MR) is 93.4 cm³/mol. The Balaban J connectivity index is 2.58. The van der Waals surface area contributed by atoms with Crippen molar-refractivity contribution in [1.82, 2.24) is 5.32 Å². The molecular formula is C17H19Br2N. The highest BCUT2D eigenvalue weighted by Crippen LogP contribution is 2.34. The van der Waals surface area contributed by atoms with Gasteiger partial charge in [-0.1, -0.05) is 55.6 Å². The summed E-state index contributed by atoms with van der Waals surface area (Å²) in [5.74, 6) is 0. The maximum Gasteiger partial charge on any atom is 0.0590 e. The normalized spacial score (nSPS) is 12.5. The Kier molecular flexibility index (Phi) is 5.05. The average molecular weight is 397 g/mol. The van der Waals surface area contributed by atoms with Gasteiger partial charge in [-0.05, 0) is 62.2 Å². The molecule has 1 nitrogen and oxygen atoms in total. The molecule has 3 heteroatoms. The van der Waals surface area contributed by atoms with Crippen LogP contribution in [0.1, 0.15) is 33.9 Å². The molecule has 0 aliphatic heterocycles. The van der Waals surface area contributed by atoms with Crippen LogP contribution in [0.5, 0.6) is 0 Å². The second-order valence-corrected chi connectivity index (χ2v) is 6.97. The molecule has 20 heavy (non-hydrogen) atoms. The van der Waals surface area contributed by atoms with Gasteiger partial charge >= 0.3 is 0 Å². The summed E-state index contributed by atoms with van der Waals surface area (Å²) in [5.41, 5.74) is 6.59. The lowest BCUT2D eigenvalue weighted by Gasteiger charge is -2.23. The summed E-state index contributed by atoms with van der Waals surface area (Å²) < 4.78 is 2.20. The smallest absolute Gasteiger partial charge is 0.0590 e. The van der Waals surface area contributed by atoms with Crippen LogP contribution in [-0.4, -0.2) is 7.05 Å². The molecule has 1 N–H and O–H groups in total. The van der Waals surface area contributed by atoms with Crippen molar-refractivity contribution in [3.63, 3.8) is 0 Å². The van der Waals surface area contributed by atoms with Crippen LogP contribution < -0.4 is 5.32 Å². The van der Waals surface area contributed by atoms with E-state index in [-0.39, 0.29) is 6.04 Å². The van der Waals surface area contributed by atoms with Crippen LogP contribution in [0.25, 0.3) is 0 Å². The van der Waals surface area contributed by atoms with Gasteiger partial charge in [-0.15, -0.1) is 0 Å². The van der Waals surface area contributed by atoms with Gasteiger partial charge in [0.1, 0.15) is 0 Å². The van der Waals surface area contributed by atoms with Crippen molar-refractivity contribution in [3.8, 4) is 0 Å². The third-order valence-electron chi connectivity index (χ3n) is 3.59. The van der Waals surface area contributed by atoms with Crippen LogP contribution in [-0.2, 0) is 0 Å². The lowest BCUT2D eigenvalue weighted by molar-refractivity contribution is 0.680. The Labute approximate surface area is 138 Å². The van der Waals surface area contributed by atoms with E-state index in [0.29, 0.717) is 0 Å². The van der Waals surface area contributed by atoms with Gasteiger partial charge in [0.15, 0.2) is 0 Å². The molecule has 1 unspecified atom stereocenters. The highest BCUT2D eigenvalue weighted by Gasteiger charge is 2.19. The van der Waals surface area contributed by atoms with Crippen molar-refractivity contribution in [1.29, 1.82) is 0 Å². The SMILES string of the molecule is CNC(c1ccc(Br)cc1Br)c1c(C)cc(C)cc1C. The molecule has 0 aliphatic rings. The van der Waals surface area contributed by atoms with Crippen molar-refractivity contribution in [3.05, 3.63) is 67.1 Å². The van der Waals surface area contributed by atoms with Gasteiger partial charge in [0.05, 0.1) is 6.04 Å². The minimum atomic E-state index is 0.193. The van der Waals surface area contributed by atoms with Crippen LogP contribution in [0.15, 0.2) is 39.3 Å². The number of hydrogen-bond acceptors (Lipinski definition) is 1. The Bertz CT molecular complexity index is 612. The van der Waals surface area contributed by atoms with Crippen LogP contribution in [0.3, 0.4) is 0 Å². The van der Waals surface area contributed by atoms with Crippen LogP contribution in [0, 0.1) is 20.8 Å². The molecular weight excluding hydrogens is 378 g/mol. The maximum atomic E-state index is 3.68.